The predicted molar refractivity (Wildman–Crippen MR) is 234 cm³/mol. The van der Waals surface area contributed by atoms with Crippen LogP contribution in [0.4, 0.5) is 0 Å². The average Bonchev–Trinajstić information content (AvgIpc) is 3.84. The van der Waals surface area contributed by atoms with Crippen LogP contribution in [0.2, 0.25) is 0 Å². The Balaban J connectivity index is 1.01. The molecule has 12 rings (SSSR count). The van der Waals surface area contributed by atoms with E-state index in [2.05, 4.69) is 146 Å². The minimum absolute atomic E-state index is 0.599. The molecule has 0 spiro atoms. The van der Waals surface area contributed by atoms with Crippen LogP contribution in [0.15, 0.2) is 180 Å². The van der Waals surface area contributed by atoms with Crippen LogP contribution in [-0.2, 0) is 0 Å². The second-order valence-electron chi connectivity index (χ2n) is 14.3. The van der Waals surface area contributed by atoms with E-state index in [0.29, 0.717) is 17.5 Å². The number of rotatable bonds is 4. The fraction of sp³-hybridized carbons (Fsp3) is 0. The lowest BCUT2D eigenvalue weighted by Crippen LogP contribution is -2.00. The molecule has 0 saturated heterocycles. The molecule has 3 aromatic heterocycles. The standard InChI is InChI=1S/C51H29N3OS/c1-2-11-30(12-3-1)49-52-50(54-51(53-49)33-23-26-42-41-17-8-9-20-46(41)56-47(42)29-33)32-22-25-40-43-19-10-18-34(48(43)55-45(40)28-32)31-21-24-39-37-15-5-4-13-35(37)36-14-6-7-16-38(36)44(39)27-31/h1-29H. The monoisotopic (exact) mass is 731 g/mol. The number of para-hydroxylation sites is 1. The molecule has 0 radical (unpaired) electrons. The van der Waals surface area contributed by atoms with E-state index in [-0.39, 0.29) is 0 Å². The Labute approximate surface area is 325 Å². The fourth-order valence-electron chi connectivity index (χ4n) is 8.46. The minimum Gasteiger partial charge on any atom is -0.455 e. The molecule has 260 valence electrons. The SMILES string of the molecule is c1ccc(-c2nc(-c3ccc4c(c3)oc3c(-c5ccc6c7ccccc7c7ccccc7c6c5)cccc34)nc(-c3ccc4c(c3)sc3ccccc34)n2)cc1. The van der Waals surface area contributed by atoms with Gasteiger partial charge in [-0.25, -0.2) is 15.0 Å². The first-order valence-corrected chi connectivity index (χ1v) is 19.6. The first-order valence-electron chi connectivity index (χ1n) is 18.8. The summed E-state index contributed by atoms with van der Waals surface area (Å²) in [6.07, 6.45) is 0. The maximum Gasteiger partial charge on any atom is 0.164 e. The zero-order chi connectivity index (χ0) is 36.7. The quantitative estimate of drug-likeness (QED) is 0.169. The van der Waals surface area contributed by atoms with E-state index < -0.39 is 0 Å². The molecular formula is C51H29N3OS. The van der Waals surface area contributed by atoms with Crippen molar-refractivity contribution in [3.05, 3.63) is 176 Å². The van der Waals surface area contributed by atoms with Crippen LogP contribution in [0.1, 0.15) is 0 Å². The summed E-state index contributed by atoms with van der Waals surface area (Å²) < 4.78 is 9.28. The molecular weight excluding hydrogens is 703 g/mol. The lowest BCUT2D eigenvalue weighted by atomic mass is 9.92. The van der Waals surface area contributed by atoms with Crippen molar-refractivity contribution in [2.24, 2.45) is 0 Å². The highest BCUT2D eigenvalue weighted by Gasteiger charge is 2.18. The van der Waals surface area contributed by atoms with E-state index in [1.165, 1.54) is 52.5 Å². The summed E-state index contributed by atoms with van der Waals surface area (Å²) in [5.41, 5.74) is 6.59. The Hall–Kier alpha value is -7.21. The van der Waals surface area contributed by atoms with Crippen molar-refractivity contribution in [2.45, 2.75) is 0 Å². The normalized spacial score (nSPS) is 11.9. The van der Waals surface area contributed by atoms with Gasteiger partial charge >= 0.3 is 0 Å². The number of furan rings is 1. The van der Waals surface area contributed by atoms with Crippen LogP contribution < -0.4 is 0 Å². The van der Waals surface area contributed by atoms with Crippen molar-refractivity contribution in [1.29, 1.82) is 0 Å². The van der Waals surface area contributed by atoms with Gasteiger partial charge in [0.05, 0.1) is 0 Å². The van der Waals surface area contributed by atoms with Crippen LogP contribution in [0.3, 0.4) is 0 Å². The van der Waals surface area contributed by atoms with E-state index in [9.17, 15) is 0 Å². The number of fused-ring (bicyclic) bond motifs is 12. The first-order chi connectivity index (χ1) is 27.7. The van der Waals surface area contributed by atoms with Crippen molar-refractivity contribution in [3.8, 4) is 45.3 Å². The molecule has 56 heavy (non-hydrogen) atoms. The van der Waals surface area contributed by atoms with Crippen LogP contribution in [0.5, 0.6) is 0 Å². The second-order valence-corrected chi connectivity index (χ2v) is 15.4. The number of thiophene rings is 1. The van der Waals surface area contributed by atoms with Gasteiger partial charge in [0.1, 0.15) is 11.2 Å². The zero-order valence-electron chi connectivity index (χ0n) is 29.9. The maximum atomic E-state index is 6.81. The van der Waals surface area contributed by atoms with Crippen LogP contribution in [0, 0.1) is 0 Å². The van der Waals surface area contributed by atoms with Gasteiger partial charge in [-0.05, 0) is 68.2 Å². The van der Waals surface area contributed by atoms with Gasteiger partial charge in [0, 0.05) is 53.2 Å². The Bertz CT molecular complexity index is 3510. The molecule has 0 bridgehead atoms. The third-order valence-corrected chi connectivity index (χ3v) is 12.3. The summed E-state index contributed by atoms with van der Waals surface area (Å²) >= 11 is 1.79. The van der Waals surface area contributed by atoms with E-state index in [0.717, 1.165) is 49.8 Å². The van der Waals surface area contributed by atoms with Crippen LogP contribution in [-0.4, -0.2) is 15.0 Å². The molecule has 0 unspecified atom stereocenters. The Kier molecular flexibility index (Phi) is 6.76. The summed E-state index contributed by atoms with van der Waals surface area (Å²) in [6.45, 7) is 0. The van der Waals surface area contributed by atoms with E-state index >= 15 is 0 Å². The minimum atomic E-state index is 0.599. The summed E-state index contributed by atoms with van der Waals surface area (Å²) in [5.74, 6) is 1.86. The molecule has 0 N–H and O–H groups in total. The molecule has 0 saturated carbocycles. The molecule has 0 aliphatic carbocycles. The number of hydrogen-bond donors (Lipinski definition) is 0. The maximum absolute atomic E-state index is 6.81. The summed E-state index contributed by atoms with van der Waals surface area (Å²) in [6, 6.07) is 62.1. The fourth-order valence-corrected chi connectivity index (χ4v) is 9.60. The molecule has 12 aromatic rings. The summed E-state index contributed by atoms with van der Waals surface area (Å²) in [5, 5.41) is 12.2. The van der Waals surface area contributed by atoms with Crippen molar-refractivity contribution in [3.63, 3.8) is 0 Å². The van der Waals surface area contributed by atoms with Crippen LogP contribution in [0.25, 0.3) is 120 Å². The highest BCUT2D eigenvalue weighted by Crippen LogP contribution is 2.41. The summed E-state index contributed by atoms with van der Waals surface area (Å²) in [4.78, 5) is 15.2. The van der Waals surface area contributed by atoms with Crippen molar-refractivity contribution in [2.75, 3.05) is 0 Å². The van der Waals surface area contributed by atoms with E-state index in [1.54, 1.807) is 11.3 Å². The molecule has 0 atom stereocenters. The third kappa shape index (κ3) is 4.81. The Morgan fingerprint density at radius 2 is 0.839 bits per heavy atom. The topological polar surface area (TPSA) is 51.8 Å². The molecule has 9 aromatic carbocycles. The number of aromatic nitrogens is 3. The Morgan fingerprint density at radius 1 is 0.321 bits per heavy atom. The number of benzene rings is 9. The molecule has 0 fully saturated rings. The molecule has 5 heteroatoms. The van der Waals surface area contributed by atoms with Crippen molar-refractivity contribution in [1.82, 2.24) is 15.0 Å². The number of nitrogens with zero attached hydrogens (tertiary/aromatic N) is 3. The third-order valence-electron chi connectivity index (χ3n) is 11.1. The molecule has 4 nitrogen and oxygen atoms in total. The average molecular weight is 732 g/mol. The van der Waals surface area contributed by atoms with E-state index in [1.807, 2.05) is 30.3 Å². The van der Waals surface area contributed by atoms with Gasteiger partial charge in [-0.15, -0.1) is 11.3 Å². The highest BCUT2D eigenvalue weighted by molar-refractivity contribution is 7.25. The number of hydrogen-bond acceptors (Lipinski definition) is 5. The predicted octanol–water partition coefficient (Wildman–Crippen LogP) is 14.3. The molecule has 3 heterocycles. The zero-order valence-corrected chi connectivity index (χ0v) is 30.7. The Morgan fingerprint density at radius 3 is 1.57 bits per heavy atom. The van der Waals surface area contributed by atoms with Gasteiger partial charge < -0.3 is 4.42 Å². The van der Waals surface area contributed by atoms with Gasteiger partial charge in [0.2, 0.25) is 0 Å². The largest absolute Gasteiger partial charge is 0.455 e. The van der Waals surface area contributed by atoms with Crippen molar-refractivity contribution < 1.29 is 4.42 Å². The first kappa shape index (κ1) is 31.2. The van der Waals surface area contributed by atoms with Gasteiger partial charge in [0.15, 0.2) is 17.5 Å². The molecule has 0 aliphatic rings. The smallest absolute Gasteiger partial charge is 0.164 e. The highest BCUT2D eigenvalue weighted by atomic mass is 32.1. The molecule has 0 aliphatic heterocycles. The van der Waals surface area contributed by atoms with Gasteiger partial charge in [-0.2, -0.15) is 0 Å². The van der Waals surface area contributed by atoms with E-state index in [4.69, 9.17) is 19.4 Å². The summed E-state index contributed by atoms with van der Waals surface area (Å²) in [7, 11) is 0. The molecule has 0 amide bonds. The lowest BCUT2D eigenvalue weighted by molar-refractivity contribution is 0.670. The van der Waals surface area contributed by atoms with Crippen LogP contribution >= 0.6 is 11.3 Å². The van der Waals surface area contributed by atoms with Gasteiger partial charge in [-0.1, -0.05) is 146 Å². The van der Waals surface area contributed by atoms with Crippen molar-refractivity contribution >= 4 is 85.8 Å². The lowest BCUT2D eigenvalue weighted by Gasteiger charge is -2.12. The van der Waals surface area contributed by atoms with Gasteiger partial charge in [0.25, 0.3) is 0 Å². The second kappa shape index (κ2) is 12.2. The van der Waals surface area contributed by atoms with Gasteiger partial charge in [-0.3, -0.25) is 0 Å².